The van der Waals surface area contributed by atoms with Crippen LogP contribution in [0, 0.1) is 23.7 Å². The molecular weight excluding hydrogens is 1040 g/mol. The molecule has 0 unspecified atom stereocenters. The molecule has 3 fully saturated rings. The molecule has 0 spiro atoms. The van der Waals surface area contributed by atoms with E-state index in [1.807, 2.05) is 53.4 Å². The van der Waals surface area contributed by atoms with E-state index in [4.69, 9.17) is 5.11 Å². The molecule has 2 saturated carbocycles. The first kappa shape index (κ1) is 61.7. The van der Waals surface area contributed by atoms with Crippen LogP contribution < -0.4 is 21.3 Å². The smallest absolute Gasteiger partial charge is 0.326 e. The van der Waals surface area contributed by atoms with Gasteiger partial charge in [0.25, 0.3) is 0 Å². The molecular formula is C55H75N9O16. The number of aliphatic carboxylic acids is 6. The van der Waals surface area contributed by atoms with E-state index in [2.05, 4.69) is 27.3 Å². The van der Waals surface area contributed by atoms with Crippen molar-refractivity contribution < 1.29 is 78.6 Å². The Bertz CT molecular complexity index is 2630. The first-order valence-corrected chi connectivity index (χ1v) is 27.1. The fraction of sp³-hybridized carbons (Fsp3) is 0.564. The first-order chi connectivity index (χ1) is 38.1. The maximum absolute atomic E-state index is 14.7. The predicted octanol–water partition coefficient (Wildman–Crippen LogP) is 0.973. The number of carbonyl (C=O) groups is 10. The van der Waals surface area contributed by atoms with E-state index in [9.17, 15) is 73.5 Å². The molecule has 1 aliphatic heterocycles. The van der Waals surface area contributed by atoms with E-state index in [-0.39, 0.29) is 120 Å². The maximum Gasteiger partial charge on any atom is 0.326 e. The topological polar surface area (TPSA) is 356 Å². The van der Waals surface area contributed by atoms with Crippen LogP contribution in [0.1, 0.15) is 56.9 Å². The number of benzene rings is 3. The van der Waals surface area contributed by atoms with Gasteiger partial charge in [-0.2, -0.15) is 0 Å². The molecule has 2 aliphatic carbocycles. The third kappa shape index (κ3) is 19.4. The Labute approximate surface area is 462 Å². The molecule has 5 amide bonds. The van der Waals surface area contributed by atoms with Crippen molar-refractivity contribution in [1.82, 2.24) is 45.8 Å². The number of fused-ring (bicyclic) bond motifs is 2. The van der Waals surface area contributed by atoms with Gasteiger partial charge in [-0.3, -0.25) is 53.2 Å². The molecule has 0 radical (unpaired) electrons. The second-order valence-electron chi connectivity index (χ2n) is 21.4. The zero-order valence-corrected chi connectivity index (χ0v) is 45.0. The molecule has 0 bridgehead atoms. The minimum Gasteiger partial charge on any atom is -0.481 e. The van der Waals surface area contributed by atoms with E-state index < -0.39 is 78.7 Å². The van der Waals surface area contributed by atoms with Crippen LogP contribution in [0.2, 0.25) is 0 Å². The highest BCUT2D eigenvalue weighted by Crippen LogP contribution is 2.43. The van der Waals surface area contributed by atoms with Gasteiger partial charge >= 0.3 is 41.8 Å². The number of amides is 5. The molecule has 25 heteroatoms. The number of nitrogens with one attached hydrogen (secondary N) is 4. The van der Waals surface area contributed by atoms with Gasteiger partial charge in [0, 0.05) is 91.3 Å². The number of carboxylic acids is 6. The Morgan fingerprint density at radius 2 is 1.05 bits per heavy atom. The second kappa shape index (κ2) is 29.7. The van der Waals surface area contributed by atoms with Crippen LogP contribution >= 0.6 is 0 Å². The first-order valence-electron chi connectivity index (χ1n) is 27.1. The molecule has 10 N–H and O–H groups in total. The molecule has 1 saturated heterocycles. The van der Waals surface area contributed by atoms with Crippen LogP contribution in [0.5, 0.6) is 0 Å². The molecule has 1 heterocycles. The summed E-state index contributed by atoms with van der Waals surface area (Å²) >= 11 is 0. The van der Waals surface area contributed by atoms with Crippen LogP contribution in [0.15, 0.2) is 54.6 Å². The second-order valence-corrected chi connectivity index (χ2v) is 21.4. The summed E-state index contributed by atoms with van der Waals surface area (Å²) in [4.78, 5) is 133. The Morgan fingerprint density at radius 1 is 0.575 bits per heavy atom. The average molecular weight is 1120 g/mol. The number of carboxylic acid groups (broad SMARTS) is 6. The third-order valence-electron chi connectivity index (χ3n) is 15.4. The van der Waals surface area contributed by atoms with Crippen molar-refractivity contribution in [3.05, 3.63) is 60.2 Å². The summed E-state index contributed by atoms with van der Waals surface area (Å²) in [5.41, 5.74) is 0.878. The Balaban J connectivity index is 1.07. The van der Waals surface area contributed by atoms with E-state index in [0.29, 0.717) is 51.7 Å². The number of hydrogen-bond acceptors (Lipinski definition) is 14. The molecule has 3 aliphatic rings. The number of nitrogens with zero attached hydrogens (tertiary/aromatic N) is 5. The standard InChI is InChI=1S/C55H75N9O16/c1-60(29-39-25-38(39)26-45(54(78)79)59-55(80)58-43(53(76)77)14-15-47(66)67)52(75)44(27-42-40-8-4-2-6-36(40)24-37-7-3-5-9-41(37)42)57-51(74)35-12-10-34(11-13-35)28-56-46(65)30-61-16-18-62(31-48(68)69)20-22-64(33-50(72)73)23-21-63(19-17-61)32-49(70)71/h2-9,24,34-35,38-39,43-45H,10-23,25-33H2,1H3,(H,56,65)(H,57,74)(H,66,67)(H,68,69)(H,70,71)(H,72,73)(H,76,77)(H,78,79)(H2,58,59,80)/t34?,35?,38-,39-,43+,44+,45+/m1/s1. The number of urea groups is 1. The van der Waals surface area contributed by atoms with Gasteiger partial charge in [0.2, 0.25) is 17.7 Å². The average Bonchev–Trinajstić information content (AvgIpc) is 4.16. The van der Waals surface area contributed by atoms with Crippen molar-refractivity contribution in [3.8, 4) is 0 Å². The summed E-state index contributed by atoms with van der Waals surface area (Å²) in [6.45, 7) is 1.81. The highest BCUT2D eigenvalue weighted by molar-refractivity contribution is 6.03. The van der Waals surface area contributed by atoms with Crippen LogP contribution in [0.4, 0.5) is 4.79 Å². The van der Waals surface area contributed by atoms with Crippen molar-refractivity contribution in [3.63, 3.8) is 0 Å². The zero-order chi connectivity index (χ0) is 58.0. The number of likely N-dealkylation sites (N-methyl/N-ethyl adjacent to an activating group) is 1. The van der Waals surface area contributed by atoms with Gasteiger partial charge in [-0.25, -0.2) is 14.4 Å². The number of hydrogen-bond donors (Lipinski definition) is 10. The Kier molecular flexibility index (Phi) is 22.9. The van der Waals surface area contributed by atoms with Crippen LogP contribution in [0.3, 0.4) is 0 Å². The van der Waals surface area contributed by atoms with Crippen molar-refractivity contribution in [2.24, 2.45) is 23.7 Å². The van der Waals surface area contributed by atoms with Crippen LogP contribution in [-0.4, -0.2) is 232 Å². The van der Waals surface area contributed by atoms with Crippen LogP contribution in [0.25, 0.3) is 21.5 Å². The Morgan fingerprint density at radius 3 is 1.52 bits per heavy atom. The normalized spacial score (nSPS) is 20.9. The van der Waals surface area contributed by atoms with E-state index in [1.54, 1.807) is 21.7 Å². The summed E-state index contributed by atoms with van der Waals surface area (Å²) in [6, 6.07) is 12.7. The Hall–Kier alpha value is -7.48. The molecule has 6 rings (SSSR count). The largest absolute Gasteiger partial charge is 0.481 e. The summed E-state index contributed by atoms with van der Waals surface area (Å²) < 4.78 is 0. The molecule has 436 valence electrons. The van der Waals surface area contributed by atoms with Gasteiger partial charge in [0.05, 0.1) is 26.2 Å². The monoisotopic (exact) mass is 1120 g/mol. The molecule has 0 aromatic heterocycles. The third-order valence-corrected chi connectivity index (χ3v) is 15.4. The van der Waals surface area contributed by atoms with Crippen molar-refractivity contribution >= 4 is 81.1 Å². The highest BCUT2D eigenvalue weighted by Gasteiger charge is 2.43. The van der Waals surface area contributed by atoms with E-state index >= 15 is 0 Å². The van der Waals surface area contributed by atoms with Gasteiger partial charge < -0.3 is 56.8 Å². The highest BCUT2D eigenvalue weighted by atomic mass is 16.4. The fourth-order valence-electron chi connectivity index (χ4n) is 10.9. The van der Waals surface area contributed by atoms with Gasteiger partial charge in [0.1, 0.15) is 18.1 Å². The fourth-order valence-corrected chi connectivity index (χ4v) is 10.9. The van der Waals surface area contributed by atoms with E-state index in [1.165, 1.54) is 4.90 Å². The van der Waals surface area contributed by atoms with E-state index in [0.717, 1.165) is 27.1 Å². The lowest BCUT2D eigenvalue weighted by Gasteiger charge is -2.33. The van der Waals surface area contributed by atoms with Crippen molar-refractivity contribution in [1.29, 1.82) is 0 Å². The molecule has 80 heavy (non-hydrogen) atoms. The summed E-state index contributed by atoms with van der Waals surface area (Å²) in [7, 11) is 1.63. The zero-order valence-electron chi connectivity index (χ0n) is 45.0. The summed E-state index contributed by atoms with van der Waals surface area (Å²) in [5.74, 6) is -8.91. The maximum atomic E-state index is 14.7. The SMILES string of the molecule is CN(C[C@H]1C[C@@H]1C[C@H](NC(=O)N[C@@H](CCC(=O)O)C(=O)O)C(=O)O)C(=O)[C@H](Cc1c2ccccc2cc2ccccc12)NC(=O)C1CCC(CNC(=O)CN2CCN(CC(=O)O)CCN(CC(=O)O)CCN(CC(=O)O)CC2)CC1. The minimum absolute atomic E-state index is 0.0155. The molecule has 3 aromatic carbocycles. The molecule has 3 aromatic rings. The van der Waals surface area contributed by atoms with Gasteiger partial charge in [-0.15, -0.1) is 0 Å². The van der Waals surface area contributed by atoms with Crippen LogP contribution in [-0.2, 0) is 49.6 Å². The lowest BCUT2D eigenvalue weighted by molar-refractivity contribution is -0.141. The predicted molar refractivity (Wildman–Crippen MR) is 289 cm³/mol. The lowest BCUT2D eigenvalue weighted by atomic mass is 9.81. The van der Waals surface area contributed by atoms with Gasteiger partial charge in [-0.05, 0) is 95.9 Å². The quantitative estimate of drug-likeness (QED) is 0.0501. The number of rotatable bonds is 26. The lowest BCUT2D eigenvalue weighted by Crippen LogP contribution is -2.51. The summed E-state index contributed by atoms with van der Waals surface area (Å²) in [6.07, 6.45) is 1.96. The van der Waals surface area contributed by atoms with Gasteiger partial charge in [-0.1, -0.05) is 48.5 Å². The van der Waals surface area contributed by atoms with Gasteiger partial charge in [0.15, 0.2) is 0 Å². The minimum atomic E-state index is -1.56. The van der Waals surface area contributed by atoms with Crippen molar-refractivity contribution in [2.75, 3.05) is 98.7 Å². The summed E-state index contributed by atoms with van der Waals surface area (Å²) in [5, 5.41) is 71.3. The molecule has 25 nitrogen and oxygen atoms in total. The van der Waals surface area contributed by atoms with Crippen molar-refractivity contribution in [2.45, 2.75) is 75.9 Å². The molecule has 5 atom stereocenters. The number of carbonyl (C=O) groups excluding carboxylic acids is 4.